The molecule has 3 rings (SSSR count). The molecule has 0 aliphatic rings. The molecule has 0 heterocycles. The molecular formula is C25H29NO3. The lowest BCUT2D eigenvalue weighted by atomic mass is 10.1. The Morgan fingerprint density at radius 1 is 0.828 bits per heavy atom. The second-order valence-corrected chi connectivity index (χ2v) is 7.22. The third-order valence-electron chi connectivity index (χ3n) is 4.87. The molecule has 0 unspecified atom stereocenters. The van der Waals surface area contributed by atoms with Crippen molar-refractivity contribution < 1.29 is 14.6 Å². The number of ether oxygens (including phenoxy) is 2. The Balaban J connectivity index is 1.62. The summed E-state index contributed by atoms with van der Waals surface area (Å²) in [6.45, 7) is 4.44. The molecule has 0 amide bonds. The molecule has 0 saturated carbocycles. The number of rotatable bonds is 10. The fourth-order valence-electron chi connectivity index (χ4n) is 3.27. The van der Waals surface area contributed by atoms with Crippen LogP contribution in [0.1, 0.15) is 16.7 Å². The van der Waals surface area contributed by atoms with Gasteiger partial charge in [-0.05, 0) is 47.9 Å². The van der Waals surface area contributed by atoms with Crippen LogP contribution in [0.5, 0.6) is 11.5 Å². The number of aryl methyl sites for hydroxylation is 1. The van der Waals surface area contributed by atoms with Crippen molar-refractivity contribution in [1.82, 2.24) is 4.90 Å². The molecule has 0 radical (unpaired) electrons. The van der Waals surface area contributed by atoms with E-state index in [-0.39, 0.29) is 6.61 Å². The van der Waals surface area contributed by atoms with Crippen LogP contribution in [0.15, 0.2) is 78.9 Å². The number of aliphatic hydroxyl groups is 1. The van der Waals surface area contributed by atoms with Crippen LogP contribution in [-0.2, 0) is 13.1 Å². The zero-order valence-corrected chi connectivity index (χ0v) is 17.1. The Morgan fingerprint density at radius 3 is 2.17 bits per heavy atom. The van der Waals surface area contributed by atoms with Crippen molar-refractivity contribution in [3.05, 3.63) is 95.6 Å². The molecule has 29 heavy (non-hydrogen) atoms. The summed E-state index contributed by atoms with van der Waals surface area (Å²) in [5.41, 5.74) is 3.76. The van der Waals surface area contributed by atoms with E-state index in [0.29, 0.717) is 6.54 Å². The first-order valence-electron chi connectivity index (χ1n) is 9.90. The normalized spacial score (nSPS) is 12.0. The molecule has 4 heteroatoms. The van der Waals surface area contributed by atoms with E-state index in [0.717, 1.165) is 24.6 Å². The Morgan fingerprint density at radius 2 is 1.48 bits per heavy atom. The Hall–Kier alpha value is -2.82. The van der Waals surface area contributed by atoms with Crippen LogP contribution >= 0.6 is 0 Å². The zero-order valence-electron chi connectivity index (χ0n) is 17.1. The van der Waals surface area contributed by atoms with Gasteiger partial charge >= 0.3 is 0 Å². The smallest absolute Gasteiger partial charge is 0.119 e. The molecule has 0 spiro atoms. The van der Waals surface area contributed by atoms with Crippen LogP contribution in [0.2, 0.25) is 0 Å². The average molecular weight is 392 g/mol. The molecule has 0 bridgehead atoms. The average Bonchev–Trinajstić information content (AvgIpc) is 2.75. The van der Waals surface area contributed by atoms with Crippen LogP contribution in [-0.4, -0.2) is 36.4 Å². The lowest BCUT2D eigenvalue weighted by Crippen LogP contribution is -2.35. The largest absolute Gasteiger partial charge is 0.497 e. The summed E-state index contributed by atoms with van der Waals surface area (Å²) < 4.78 is 10.9. The minimum absolute atomic E-state index is 0.241. The van der Waals surface area contributed by atoms with E-state index in [2.05, 4.69) is 48.2 Å². The Labute approximate surface area is 173 Å². The Bertz CT molecular complexity index is 865. The molecule has 0 aliphatic heterocycles. The number of hydrogen-bond acceptors (Lipinski definition) is 4. The van der Waals surface area contributed by atoms with Crippen molar-refractivity contribution in [2.24, 2.45) is 0 Å². The van der Waals surface area contributed by atoms with Gasteiger partial charge in [-0.25, -0.2) is 0 Å². The summed E-state index contributed by atoms with van der Waals surface area (Å²) in [5.74, 6) is 1.50. The van der Waals surface area contributed by atoms with Crippen molar-refractivity contribution in [3.63, 3.8) is 0 Å². The lowest BCUT2D eigenvalue weighted by Gasteiger charge is -2.26. The minimum atomic E-state index is -0.593. The summed E-state index contributed by atoms with van der Waals surface area (Å²) >= 11 is 0. The van der Waals surface area contributed by atoms with E-state index in [1.807, 2.05) is 42.5 Å². The third kappa shape index (κ3) is 6.63. The molecule has 0 saturated heterocycles. The maximum atomic E-state index is 10.6. The molecule has 0 aliphatic carbocycles. The van der Waals surface area contributed by atoms with Crippen LogP contribution in [0.25, 0.3) is 0 Å². The molecule has 1 N–H and O–H groups in total. The maximum absolute atomic E-state index is 10.6. The molecule has 3 aromatic carbocycles. The van der Waals surface area contributed by atoms with Crippen LogP contribution < -0.4 is 9.47 Å². The topological polar surface area (TPSA) is 41.9 Å². The standard InChI is InChI=1S/C25H29NO3/c1-20-8-6-7-11-22(20)17-26(16-21-9-4-3-5-10-21)18-23(27)19-29-25-14-12-24(28-2)13-15-25/h3-15,23,27H,16-19H2,1-2H3/t23-/m1/s1. The van der Waals surface area contributed by atoms with Crippen molar-refractivity contribution >= 4 is 0 Å². The first kappa shape index (κ1) is 20.9. The summed E-state index contributed by atoms with van der Waals surface area (Å²) in [6, 6.07) is 26.1. The second-order valence-electron chi connectivity index (χ2n) is 7.22. The molecule has 1 atom stereocenters. The van der Waals surface area contributed by atoms with Crippen molar-refractivity contribution in [2.75, 3.05) is 20.3 Å². The number of benzene rings is 3. The summed E-state index contributed by atoms with van der Waals surface area (Å²) in [4.78, 5) is 2.26. The van der Waals surface area contributed by atoms with Gasteiger partial charge in [0.2, 0.25) is 0 Å². The van der Waals surface area contributed by atoms with Gasteiger partial charge in [-0.15, -0.1) is 0 Å². The van der Waals surface area contributed by atoms with Gasteiger partial charge in [-0.1, -0.05) is 54.6 Å². The molecule has 152 valence electrons. The predicted octanol–water partition coefficient (Wildman–Crippen LogP) is 4.45. The van der Waals surface area contributed by atoms with Gasteiger partial charge in [0.05, 0.1) is 7.11 Å². The highest BCUT2D eigenvalue weighted by molar-refractivity contribution is 5.31. The molecule has 3 aromatic rings. The van der Waals surface area contributed by atoms with Crippen molar-refractivity contribution in [3.8, 4) is 11.5 Å². The first-order chi connectivity index (χ1) is 14.1. The second kappa shape index (κ2) is 10.6. The lowest BCUT2D eigenvalue weighted by molar-refractivity contribution is 0.0627. The van der Waals surface area contributed by atoms with E-state index < -0.39 is 6.10 Å². The monoisotopic (exact) mass is 391 g/mol. The van der Waals surface area contributed by atoms with Gasteiger partial charge in [-0.3, -0.25) is 4.90 Å². The van der Waals surface area contributed by atoms with Gasteiger partial charge in [0, 0.05) is 19.6 Å². The fourth-order valence-corrected chi connectivity index (χ4v) is 3.27. The summed E-state index contributed by atoms with van der Waals surface area (Å²) in [7, 11) is 1.63. The number of hydrogen-bond donors (Lipinski definition) is 1. The fraction of sp³-hybridized carbons (Fsp3) is 0.280. The van der Waals surface area contributed by atoms with E-state index >= 15 is 0 Å². The quantitative estimate of drug-likeness (QED) is 0.555. The van der Waals surface area contributed by atoms with Gasteiger partial charge in [0.15, 0.2) is 0 Å². The third-order valence-corrected chi connectivity index (χ3v) is 4.87. The minimum Gasteiger partial charge on any atom is -0.497 e. The highest BCUT2D eigenvalue weighted by Gasteiger charge is 2.15. The number of nitrogens with zero attached hydrogens (tertiary/aromatic N) is 1. The molecule has 0 fully saturated rings. The van der Waals surface area contributed by atoms with Crippen LogP contribution in [0, 0.1) is 6.92 Å². The Kier molecular flexibility index (Phi) is 7.68. The van der Waals surface area contributed by atoms with Gasteiger partial charge < -0.3 is 14.6 Å². The molecular weight excluding hydrogens is 362 g/mol. The van der Waals surface area contributed by atoms with E-state index in [4.69, 9.17) is 9.47 Å². The summed E-state index contributed by atoms with van der Waals surface area (Å²) in [5, 5.41) is 10.6. The zero-order chi connectivity index (χ0) is 20.5. The van der Waals surface area contributed by atoms with Gasteiger partial charge in [0.1, 0.15) is 24.2 Å². The van der Waals surface area contributed by atoms with Crippen LogP contribution in [0.4, 0.5) is 0 Å². The summed E-state index contributed by atoms with van der Waals surface area (Å²) in [6.07, 6.45) is -0.593. The van der Waals surface area contributed by atoms with Crippen molar-refractivity contribution in [1.29, 1.82) is 0 Å². The van der Waals surface area contributed by atoms with Gasteiger partial charge in [-0.2, -0.15) is 0 Å². The van der Waals surface area contributed by atoms with Gasteiger partial charge in [0.25, 0.3) is 0 Å². The highest BCUT2D eigenvalue weighted by Crippen LogP contribution is 2.18. The van der Waals surface area contributed by atoms with Crippen molar-refractivity contribution in [2.45, 2.75) is 26.1 Å². The molecule has 0 aromatic heterocycles. The van der Waals surface area contributed by atoms with E-state index in [1.54, 1.807) is 7.11 Å². The maximum Gasteiger partial charge on any atom is 0.119 e. The SMILES string of the molecule is COc1ccc(OC[C@H](O)CN(Cc2ccccc2)Cc2ccccc2C)cc1. The van der Waals surface area contributed by atoms with E-state index in [1.165, 1.54) is 16.7 Å². The number of methoxy groups -OCH3 is 1. The predicted molar refractivity (Wildman–Crippen MR) is 116 cm³/mol. The van der Waals surface area contributed by atoms with Crippen LogP contribution in [0.3, 0.4) is 0 Å². The first-order valence-corrected chi connectivity index (χ1v) is 9.90. The number of aliphatic hydroxyl groups excluding tert-OH is 1. The van der Waals surface area contributed by atoms with E-state index in [9.17, 15) is 5.11 Å². The molecule has 4 nitrogen and oxygen atoms in total. The highest BCUT2D eigenvalue weighted by atomic mass is 16.5.